The Hall–Kier alpha value is -2.53. The van der Waals surface area contributed by atoms with Crippen molar-refractivity contribution in [1.82, 2.24) is 0 Å². The number of carbonyl (C=O) groups is 2. The van der Waals surface area contributed by atoms with Gasteiger partial charge in [0.05, 0.1) is 12.7 Å². The Labute approximate surface area is 139 Å². The molecule has 2 rings (SSSR count). The lowest BCUT2D eigenvalue weighted by atomic mass is 10.2. The van der Waals surface area contributed by atoms with Crippen molar-refractivity contribution in [1.29, 1.82) is 0 Å². The number of hydrogen-bond acceptors (Lipinski definition) is 4. The minimum absolute atomic E-state index is 0.293. The van der Waals surface area contributed by atoms with Crippen LogP contribution >= 0.6 is 11.6 Å². The molecule has 5 nitrogen and oxygen atoms in total. The van der Waals surface area contributed by atoms with Gasteiger partial charge in [-0.15, -0.1) is 0 Å². The second-order valence-electron chi connectivity index (χ2n) is 4.78. The van der Waals surface area contributed by atoms with Gasteiger partial charge in [-0.05, 0) is 49.4 Å². The zero-order chi connectivity index (χ0) is 16.8. The van der Waals surface area contributed by atoms with Crippen molar-refractivity contribution in [2.75, 3.05) is 12.4 Å². The lowest BCUT2D eigenvalue weighted by Gasteiger charge is -2.14. The summed E-state index contributed by atoms with van der Waals surface area (Å²) in [5, 5.41) is 3.09. The van der Waals surface area contributed by atoms with Gasteiger partial charge < -0.3 is 14.8 Å². The Morgan fingerprint density at radius 1 is 1.13 bits per heavy atom. The molecule has 0 aromatic heterocycles. The van der Waals surface area contributed by atoms with Crippen molar-refractivity contribution in [2.45, 2.75) is 13.0 Å². The molecule has 2 aromatic rings. The van der Waals surface area contributed by atoms with Crippen molar-refractivity contribution >= 4 is 29.2 Å². The molecule has 0 radical (unpaired) electrons. The van der Waals surface area contributed by atoms with Crippen LogP contribution in [0.5, 0.6) is 5.75 Å². The Kier molecular flexibility index (Phi) is 5.60. The van der Waals surface area contributed by atoms with E-state index in [1.165, 1.54) is 13.0 Å². The van der Waals surface area contributed by atoms with Crippen LogP contribution in [-0.2, 0) is 9.53 Å². The van der Waals surface area contributed by atoms with Crippen LogP contribution in [0.2, 0.25) is 5.02 Å². The number of carbonyl (C=O) groups excluding carboxylic acids is 2. The summed E-state index contributed by atoms with van der Waals surface area (Å²) in [6.07, 6.45) is -0.941. The van der Waals surface area contributed by atoms with E-state index in [1.807, 2.05) is 0 Å². The average molecular weight is 334 g/mol. The van der Waals surface area contributed by atoms with Gasteiger partial charge in [-0.2, -0.15) is 0 Å². The lowest BCUT2D eigenvalue weighted by molar-refractivity contribution is -0.123. The smallest absolute Gasteiger partial charge is 0.338 e. The van der Waals surface area contributed by atoms with Gasteiger partial charge >= 0.3 is 5.97 Å². The molecule has 0 fully saturated rings. The molecular weight excluding hydrogens is 318 g/mol. The number of rotatable bonds is 5. The summed E-state index contributed by atoms with van der Waals surface area (Å²) in [4.78, 5) is 24.0. The Bertz CT molecular complexity index is 700. The van der Waals surface area contributed by atoms with Crippen molar-refractivity contribution in [3.63, 3.8) is 0 Å². The highest BCUT2D eigenvalue weighted by atomic mass is 35.5. The van der Waals surface area contributed by atoms with E-state index in [1.54, 1.807) is 49.6 Å². The average Bonchev–Trinajstić information content (AvgIpc) is 2.55. The van der Waals surface area contributed by atoms with Gasteiger partial charge in [0.1, 0.15) is 5.75 Å². The first-order valence-corrected chi connectivity index (χ1v) is 7.29. The fraction of sp³-hybridized carbons (Fsp3) is 0.176. The van der Waals surface area contributed by atoms with Crippen molar-refractivity contribution in [3.8, 4) is 5.75 Å². The number of esters is 1. The Morgan fingerprint density at radius 2 is 1.83 bits per heavy atom. The fourth-order valence-electron chi connectivity index (χ4n) is 1.82. The van der Waals surface area contributed by atoms with Gasteiger partial charge in [0.25, 0.3) is 5.91 Å². The van der Waals surface area contributed by atoms with Crippen molar-refractivity contribution in [3.05, 3.63) is 59.1 Å². The van der Waals surface area contributed by atoms with Crippen LogP contribution < -0.4 is 10.1 Å². The standard InChI is InChI=1S/C17H16ClNO4/c1-11(23-17(21)12-4-3-5-13(18)10-12)16(20)19-14-6-8-15(22-2)9-7-14/h3-11H,1-2H3,(H,19,20). The van der Waals surface area contributed by atoms with Crippen LogP contribution in [0.3, 0.4) is 0 Å². The molecule has 23 heavy (non-hydrogen) atoms. The molecule has 0 aliphatic carbocycles. The van der Waals surface area contributed by atoms with Gasteiger partial charge in [0, 0.05) is 10.7 Å². The van der Waals surface area contributed by atoms with E-state index < -0.39 is 18.0 Å². The fourth-order valence-corrected chi connectivity index (χ4v) is 2.01. The Balaban J connectivity index is 1.95. The largest absolute Gasteiger partial charge is 0.497 e. The third kappa shape index (κ3) is 4.72. The Morgan fingerprint density at radius 3 is 2.43 bits per heavy atom. The summed E-state index contributed by atoms with van der Waals surface area (Å²) in [7, 11) is 1.56. The predicted octanol–water partition coefficient (Wildman–Crippen LogP) is 3.53. The molecule has 0 aliphatic heterocycles. The number of halogens is 1. The molecule has 0 spiro atoms. The van der Waals surface area contributed by atoms with E-state index >= 15 is 0 Å². The summed E-state index contributed by atoms with van der Waals surface area (Å²) < 4.78 is 10.2. The first kappa shape index (κ1) is 16.8. The number of ether oxygens (including phenoxy) is 2. The van der Waals surface area contributed by atoms with Crippen LogP contribution in [0.25, 0.3) is 0 Å². The second kappa shape index (κ2) is 7.65. The number of hydrogen-bond donors (Lipinski definition) is 1. The summed E-state index contributed by atoms with van der Waals surface area (Å²) in [6.45, 7) is 1.50. The van der Waals surface area contributed by atoms with Crippen LogP contribution in [0, 0.1) is 0 Å². The normalized spacial score (nSPS) is 11.4. The zero-order valence-electron chi connectivity index (χ0n) is 12.7. The van der Waals surface area contributed by atoms with E-state index in [-0.39, 0.29) is 0 Å². The highest BCUT2D eigenvalue weighted by molar-refractivity contribution is 6.30. The summed E-state index contributed by atoms with van der Waals surface area (Å²) in [5.74, 6) is -0.348. The molecule has 0 heterocycles. The van der Waals surface area contributed by atoms with Gasteiger partial charge in [-0.1, -0.05) is 17.7 Å². The zero-order valence-corrected chi connectivity index (χ0v) is 13.5. The van der Waals surface area contributed by atoms with Crippen LogP contribution in [0.1, 0.15) is 17.3 Å². The molecule has 120 valence electrons. The molecular formula is C17H16ClNO4. The maximum absolute atomic E-state index is 12.1. The molecule has 2 aromatic carbocycles. The van der Waals surface area contributed by atoms with Crippen LogP contribution in [-0.4, -0.2) is 25.1 Å². The van der Waals surface area contributed by atoms with Crippen molar-refractivity contribution < 1.29 is 19.1 Å². The van der Waals surface area contributed by atoms with E-state index in [0.717, 1.165) is 0 Å². The topological polar surface area (TPSA) is 64.6 Å². The first-order valence-electron chi connectivity index (χ1n) is 6.91. The summed E-state index contributed by atoms with van der Waals surface area (Å²) in [6, 6.07) is 13.2. The van der Waals surface area contributed by atoms with E-state index in [0.29, 0.717) is 22.0 Å². The molecule has 1 atom stereocenters. The molecule has 1 amide bonds. The number of amides is 1. The molecule has 6 heteroatoms. The number of anilines is 1. The molecule has 0 bridgehead atoms. The minimum atomic E-state index is -0.941. The maximum atomic E-state index is 12.1. The first-order chi connectivity index (χ1) is 11.0. The summed E-state index contributed by atoms with van der Waals surface area (Å²) >= 11 is 5.82. The molecule has 1 N–H and O–H groups in total. The van der Waals surface area contributed by atoms with E-state index in [4.69, 9.17) is 21.1 Å². The quantitative estimate of drug-likeness (QED) is 0.850. The van der Waals surface area contributed by atoms with Crippen molar-refractivity contribution in [2.24, 2.45) is 0 Å². The van der Waals surface area contributed by atoms with Gasteiger partial charge in [0.2, 0.25) is 0 Å². The van der Waals surface area contributed by atoms with Gasteiger partial charge in [-0.3, -0.25) is 4.79 Å². The highest BCUT2D eigenvalue weighted by Gasteiger charge is 2.19. The lowest BCUT2D eigenvalue weighted by Crippen LogP contribution is -2.30. The van der Waals surface area contributed by atoms with E-state index in [2.05, 4.69) is 5.32 Å². The number of benzene rings is 2. The third-order valence-corrected chi connectivity index (χ3v) is 3.31. The van der Waals surface area contributed by atoms with Crippen LogP contribution in [0.4, 0.5) is 5.69 Å². The molecule has 1 unspecified atom stereocenters. The molecule has 0 saturated carbocycles. The van der Waals surface area contributed by atoms with Crippen LogP contribution in [0.15, 0.2) is 48.5 Å². The molecule has 0 saturated heterocycles. The van der Waals surface area contributed by atoms with E-state index in [9.17, 15) is 9.59 Å². The molecule has 0 aliphatic rings. The van der Waals surface area contributed by atoms with Gasteiger partial charge in [0.15, 0.2) is 6.10 Å². The highest BCUT2D eigenvalue weighted by Crippen LogP contribution is 2.16. The second-order valence-corrected chi connectivity index (χ2v) is 5.21. The monoisotopic (exact) mass is 333 g/mol. The van der Waals surface area contributed by atoms with Gasteiger partial charge in [-0.25, -0.2) is 4.79 Å². The predicted molar refractivity (Wildman–Crippen MR) is 88.0 cm³/mol. The third-order valence-electron chi connectivity index (χ3n) is 3.07. The minimum Gasteiger partial charge on any atom is -0.497 e. The SMILES string of the molecule is COc1ccc(NC(=O)C(C)OC(=O)c2cccc(Cl)c2)cc1. The summed E-state index contributed by atoms with van der Waals surface area (Å²) in [5.41, 5.74) is 0.878. The number of nitrogens with one attached hydrogen (secondary N) is 1. The maximum Gasteiger partial charge on any atom is 0.338 e. The number of methoxy groups -OCH3 is 1.